The molecule has 0 aliphatic carbocycles. The third kappa shape index (κ3) is 3.29. The molecule has 72 valence electrons. The third-order valence-electron chi connectivity index (χ3n) is 1.31. The van der Waals surface area contributed by atoms with Crippen molar-refractivity contribution in [1.29, 1.82) is 0 Å². The Morgan fingerprint density at radius 2 is 2.15 bits per heavy atom. The van der Waals surface area contributed by atoms with Crippen LogP contribution in [0.25, 0.3) is 0 Å². The first-order chi connectivity index (χ1) is 6.01. The fourth-order valence-corrected chi connectivity index (χ4v) is 1.24. The second-order valence-corrected chi connectivity index (χ2v) is 3.35. The van der Waals surface area contributed by atoms with Crippen LogP contribution in [0.4, 0.5) is 9.57 Å². The predicted octanol–water partition coefficient (Wildman–Crippen LogP) is 1.32. The molecule has 1 N–H and O–H groups in total. The molecule has 0 aromatic heterocycles. The van der Waals surface area contributed by atoms with E-state index in [1.165, 1.54) is 19.2 Å². The quantitative estimate of drug-likeness (QED) is 0.757. The predicted molar refractivity (Wildman–Crippen MR) is 46.6 cm³/mol. The first-order valence-electron chi connectivity index (χ1n) is 3.38. The van der Waals surface area contributed by atoms with Gasteiger partial charge < -0.3 is 4.74 Å². The van der Waals surface area contributed by atoms with Gasteiger partial charge in [-0.05, 0) is 12.1 Å². The van der Waals surface area contributed by atoms with E-state index in [-0.39, 0.29) is 5.69 Å². The van der Waals surface area contributed by atoms with Crippen molar-refractivity contribution in [2.75, 3.05) is 11.8 Å². The van der Waals surface area contributed by atoms with E-state index in [9.17, 15) is 12.3 Å². The van der Waals surface area contributed by atoms with Crippen molar-refractivity contribution in [3.05, 3.63) is 24.3 Å². The molecule has 0 saturated heterocycles. The van der Waals surface area contributed by atoms with E-state index in [0.29, 0.717) is 5.75 Å². The number of methoxy groups -OCH3 is 1. The molecule has 1 aromatic carbocycles. The first-order valence-corrected chi connectivity index (χ1v) is 4.76. The van der Waals surface area contributed by atoms with Gasteiger partial charge in [0.1, 0.15) is 5.75 Å². The van der Waals surface area contributed by atoms with Crippen molar-refractivity contribution in [3.63, 3.8) is 0 Å². The average molecular weight is 205 g/mol. The summed E-state index contributed by atoms with van der Waals surface area (Å²) in [4.78, 5) is 0. The Hall–Kier alpha value is -1.30. The molecule has 0 aliphatic heterocycles. The summed E-state index contributed by atoms with van der Waals surface area (Å²) in [5, 5.41) is 0. The number of ether oxygens (including phenoxy) is 1. The molecule has 4 nitrogen and oxygen atoms in total. The minimum Gasteiger partial charge on any atom is -0.497 e. The Morgan fingerprint density at radius 3 is 2.69 bits per heavy atom. The highest BCUT2D eigenvalue weighted by molar-refractivity contribution is 7.87. The van der Waals surface area contributed by atoms with Crippen LogP contribution in [0.3, 0.4) is 0 Å². The van der Waals surface area contributed by atoms with Crippen LogP contribution >= 0.6 is 0 Å². The van der Waals surface area contributed by atoms with Gasteiger partial charge in [0.05, 0.1) is 12.8 Å². The molecule has 0 unspecified atom stereocenters. The molecular weight excluding hydrogens is 197 g/mol. The summed E-state index contributed by atoms with van der Waals surface area (Å²) in [5.74, 6) is 0.452. The summed E-state index contributed by atoms with van der Waals surface area (Å²) in [6.45, 7) is 0. The second kappa shape index (κ2) is 3.61. The van der Waals surface area contributed by atoms with Gasteiger partial charge in [0.25, 0.3) is 0 Å². The van der Waals surface area contributed by atoms with Crippen molar-refractivity contribution < 1.29 is 17.0 Å². The number of benzene rings is 1. The fourth-order valence-electron chi connectivity index (χ4n) is 0.827. The molecule has 0 amide bonds. The summed E-state index contributed by atoms with van der Waals surface area (Å²) in [6.07, 6.45) is 0. The molecule has 1 aromatic rings. The van der Waals surface area contributed by atoms with Gasteiger partial charge >= 0.3 is 10.4 Å². The molecule has 0 fully saturated rings. The lowest BCUT2D eigenvalue weighted by atomic mass is 10.3. The van der Waals surface area contributed by atoms with Crippen LogP contribution < -0.4 is 9.46 Å². The minimum atomic E-state index is -4.71. The lowest BCUT2D eigenvalue weighted by molar-refractivity contribution is 0.415. The smallest absolute Gasteiger partial charge is 0.396 e. The maximum Gasteiger partial charge on any atom is 0.396 e. The second-order valence-electron chi connectivity index (χ2n) is 2.27. The number of nitrogens with one attached hydrogen (secondary N) is 1. The van der Waals surface area contributed by atoms with E-state index < -0.39 is 10.4 Å². The summed E-state index contributed by atoms with van der Waals surface area (Å²) in [5.41, 5.74) is 0.127. The monoisotopic (exact) mass is 205 g/mol. The summed E-state index contributed by atoms with van der Waals surface area (Å²) >= 11 is 0. The summed E-state index contributed by atoms with van der Waals surface area (Å²) in [6, 6.07) is 5.96. The number of hydrogen-bond acceptors (Lipinski definition) is 3. The average Bonchev–Trinajstić information content (AvgIpc) is 2.01. The molecule has 0 saturated carbocycles. The van der Waals surface area contributed by atoms with Gasteiger partial charge in [-0.3, -0.25) is 4.72 Å². The van der Waals surface area contributed by atoms with Gasteiger partial charge in [0, 0.05) is 6.07 Å². The molecule has 0 spiro atoms. The van der Waals surface area contributed by atoms with E-state index in [2.05, 4.69) is 0 Å². The number of anilines is 1. The molecule has 6 heteroatoms. The lowest BCUT2D eigenvalue weighted by Crippen LogP contribution is -2.05. The van der Waals surface area contributed by atoms with E-state index in [1.54, 1.807) is 16.9 Å². The minimum absolute atomic E-state index is 0.127. The summed E-state index contributed by atoms with van der Waals surface area (Å²) < 4.78 is 39.0. The van der Waals surface area contributed by atoms with Gasteiger partial charge in [-0.25, -0.2) is 0 Å². The molecule has 13 heavy (non-hydrogen) atoms. The SMILES string of the molecule is COc1cccc(NS(=O)(=O)F)c1. The molecule has 0 heterocycles. The van der Waals surface area contributed by atoms with Crippen molar-refractivity contribution in [1.82, 2.24) is 0 Å². The highest BCUT2D eigenvalue weighted by Gasteiger charge is 2.06. The van der Waals surface area contributed by atoms with Gasteiger partial charge in [0.2, 0.25) is 0 Å². The maximum absolute atomic E-state index is 12.1. The fraction of sp³-hybridized carbons (Fsp3) is 0.143. The zero-order chi connectivity index (χ0) is 9.90. The van der Waals surface area contributed by atoms with E-state index in [1.807, 2.05) is 0 Å². The topological polar surface area (TPSA) is 55.4 Å². The van der Waals surface area contributed by atoms with Crippen LogP contribution in [0.5, 0.6) is 5.75 Å². The Kier molecular flexibility index (Phi) is 2.72. The van der Waals surface area contributed by atoms with E-state index in [4.69, 9.17) is 4.74 Å². The third-order valence-corrected chi connectivity index (χ3v) is 1.79. The highest BCUT2D eigenvalue weighted by Crippen LogP contribution is 2.17. The molecule has 0 aliphatic rings. The number of hydrogen-bond donors (Lipinski definition) is 1. The Labute approximate surface area is 75.7 Å². The zero-order valence-corrected chi connectivity index (χ0v) is 7.64. The van der Waals surface area contributed by atoms with Crippen LogP contribution in [0.2, 0.25) is 0 Å². The molecule has 0 atom stereocenters. The van der Waals surface area contributed by atoms with Crippen molar-refractivity contribution in [2.24, 2.45) is 0 Å². The van der Waals surface area contributed by atoms with E-state index in [0.717, 1.165) is 0 Å². The number of rotatable bonds is 3. The highest BCUT2D eigenvalue weighted by atomic mass is 32.3. The Morgan fingerprint density at radius 1 is 1.46 bits per heavy atom. The lowest BCUT2D eigenvalue weighted by Gasteiger charge is -2.03. The molecular formula is C7H8FNO3S. The van der Waals surface area contributed by atoms with Crippen molar-refractivity contribution in [3.8, 4) is 5.75 Å². The van der Waals surface area contributed by atoms with Gasteiger partial charge in [-0.2, -0.15) is 8.42 Å². The normalized spacial score (nSPS) is 10.9. The van der Waals surface area contributed by atoms with Crippen LogP contribution in [-0.4, -0.2) is 15.5 Å². The van der Waals surface area contributed by atoms with Crippen LogP contribution in [0, 0.1) is 0 Å². The zero-order valence-electron chi connectivity index (χ0n) is 6.82. The van der Waals surface area contributed by atoms with Gasteiger partial charge in [-0.15, -0.1) is 0 Å². The van der Waals surface area contributed by atoms with Crippen molar-refractivity contribution in [2.45, 2.75) is 0 Å². The van der Waals surface area contributed by atoms with E-state index >= 15 is 0 Å². The Bertz CT molecular complexity index is 390. The van der Waals surface area contributed by atoms with Gasteiger partial charge in [0.15, 0.2) is 0 Å². The Balaban J connectivity index is 2.90. The van der Waals surface area contributed by atoms with Crippen LogP contribution in [-0.2, 0) is 10.4 Å². The van der Waals surface area contributed by atoms with Crippen LogP contribution in [0.15, 0.2) is 24.3 Å². The molecule has 1 rings (SSSR count). The maximum atomic E-state index is 12.1. The molecule has 0 radical (unpaired) electrons. The van der Waals surface area contributed by atoms with Crippen LogP contribution in [0.1, 0.15) is 0 Å². The van der Waals surface area contributed by atoms with Crippen molar-refractivity contribution >= 4 is 16.1 Å². The number of halogens is 1. The molecule has 0 bridgehead atoms. The first kappa shape index (κ1) is 9.79. The largest absolute Gasteiger partial charge is 0.497 e. The van der Waals surface area contributed by atoms with Gasteiger partial charge in [-0.1, -0.05) is 9.95 Å². The standard InChI is InChI=1S/C7H8FNO3S/c1-12-7-4-2-3-6(5-7)9-13(8,10)11/h2-5,9H,1H3. The summed E-state index contributed by atoms with van der Waals surface area (Å²) in [7, 11) is -3.27.